The SMILES string of the molecule is CC(C)NCC(C)NCc1ccc2cc(Br)ccc2c1. The van der Waals surface area contributed by atoms with Crippen molar-refractivity contribution in [2.24, 2.45) is 0 Å². The van der Waals surface area contributed by atoms with E-state index in [4.69, 9.17) is 0 Å². The summed E-state index contributed by atoms with van der Waals surface area (Å²) in [7, 11) is 0. The molecule has 0 aliphatic rings. The van der Waals surface area contributed by atoms with Crippen LogP contribution in [0.1, 0.15) is 26.3 Å². The van der Waals surface area contributed by atoms with Crippen LogP contribution in [0.15, 0.2) is 40.9 Å². The second kappa shape index (κ2) is 7.21. The number of hydrogen-bond donors (Lipinski definition) is 2. The van der Waals surface area contributed by atoms with Gasteiger partial charge in [0.2, 0.25) is 0 Å². The molecule has 0 heterocycles. The van der Waals surface area contributed by atoms with Crippen molar-refractivity contribution >= 4 is 26.7 Å². The van der Waals surface area contributed by atoms with Crippen molar-refractivity contribution in [2.45, 2.75) is 39.4 Å². The molecule has 0 saturated heterocycles. The van der Waals surface area contributed by atoms with E-state index in [-0.39, 0.29) is 0 Å². The highest BCUT2D eigenvalue weighted by Crippen LogP contribution is 2.20. The fourth-order valence-corrected chi connectivity index (χ4v) is 2.53. The molecule has 0 saturated carbocycles. The van der Waals surface area contributed by atoms with E-state index < -0.39 is 0 Å². The topological polar surface area (TPSA) is 24.1 Å². The highest BCUT2D eigenvalue weighted by atomic mass is 79.9. The lowest BCUT2D eigenvalue weighted by atomic mass is 10.1. The maximum atomic E-state index is 3.56. The third-order valence-corrected chi connectivity index (χ3v) is 3.85. The molecule has 0 bridgehead atoms. The van der Waals surface area contributed by atoms with E-state index in [1.807, 2.05) is 0 Å². The minimum atomic E-state index is 0.470. The lowest BCUT2D eigenvalue weighted by molar-refractivity contribution is 0.474. The maximum absolute atomic E-state index is 3.56. The van der Waals surface area contributed by atoms with Gasteiger partial charge in [-0.1, -0.05) is 48.0 Å². The van der Waals surface area contributed by atoms with Crippen LogP contribution in [0.25, 0.3) is 10.8 Å². The van der Waals surface area contributed by atoms with Crippen LogP contribution in [0.3, 0.4) is 0 Å². The Balaban J connectivity index is 1.94. The zero-order chi connectivity index (χ0) is 14.5. The Morgan fingerprint density at radius 3 is 2.40 bits per heavy atom. The Kier molecular flexibility index (Phi) is 5.58. The molecule has 2 rings (SSSR count). The van der Waals surface area contributed by atoms with E-state index in [1.165, 1.54) is 16.3 Å². The lowest BCUT2D eigenvalue weighted by Gasteiger charge is -2.16. The van der Waals surface area contributed by atoms with E-state index in [0.29, 0.717) is 12.1 Å². The first kappa shape index (κ1) is 15.5. The molecule has 0 radical (unpaired) electrons. The molecule has 0 aromatic heterocycles. The van der Waals surface area contributed by atoms with Crippen LogP contribution >= 0.6 is 15.9 Å². The molecular formula is C17H23BrN2. The Hall–Kier alpha value is -0.900. The molecule has 0 fully saturated rings. The summed E-state index contributed by atoms with van der Waals surface area (Å²) in [6.45, 7) is 8.47. The quantitative estimate of drug-likeness (QED) is 0.831. The summed E-state index contributed by atoms with van der Waals surface area (Å²) >= 11 is 3.51. The molecule has 1 atom stereocenters. The van der Waals surface area contributed by atoms with Crippen LogP contribution in [-0.4, -0.2) is 18.6 Å². The largest absolute Gasteiger partial charge is 0.313 e. The van der Waals surface area contributed by atoms with Gasteiger partial charge >= 0.3 is 0 Å². The average Bonchev–Trinajstić information content (AvgIpc) is 2.42. The fraction of sp³-hybridized carbons (Fsp3) is 0.412. The van der Waals surface area contributed by atoms with Crippen LogP contribution in [0, 0.1) is 0 Å². The zero-order valence-corrected chi connectivity index (χ0v) is 14.0. The van der Waals surface area contributed by atoms with Gasteiger partial charge in [-0.2, -0.15) is 0 Å². The predicted molar refractivity (Wildman–Crippen MR) is 91.1 cm³/mol. The Morgan fingerprint density at radius 2 is 1.65 bits per heavy atom. The maximum Gasteiger partial charge on any atom is 0.0208 e. The summed E-state index contributed by atoms with van der Waals surface area (Å²) < 4.78 is 1.13. The molecule has 2 N–H and O–H groups in total. The summed E-state index contributed by atoms with van der Waals surface area (Å²) in [6.07, 6.45) is 0. The first-order valence-electron chi connectivity index (χ1n) is 7.19. The number of halogens is 1. The average molecular weight is 335 g/mol. The molecule has 1 unspecified atom stereocenters. The molecule has 2 nitrogen and oxygen atoms in total. The Labute approximate surface area is 130 Å². The van der Waals surface area contributed by atoms with Gasteiger partial charge in [-0.25, -0.2) is 0 Å². The highest BCUT2D eigenvalue weighted by molar-refractivity contribution is 9.10. The van der Waals surface area contributed by atoms with Crippen LogP contribution < -0.4 is 10.6 Å². The van der Waals surface area contributed by atoms with Gasteiger partial charge in [-0.3, -0.25) is 0 Å². The van der Waals surface area contributed by atoms with E-state index in [1.54, 1.807) is 0 Å². The standard InChI is InChI=1S/C17H23BrN2/c1-12(2)19-10-13(3)20-11-14-4-5-16-9-17(18)7-6-15(16)8-14/h4-9,12-13,19-20H,10-11H2,1-3H3. The van der Waals surface area contributed by atoms with E-state index >= 15 is 0 Å². The molecule has 0 aliphatic heterocycles. The van der Waals surface area contributed by atoms with Crippen molar-refractivity contribution in [1.29, 1.82) is 0 Å². The Bertz CT molecular complexity index is 566. The van der Waals surface area contributed by atoms with Gasteiger partial charge in [-0.05, 0) is 41.5 Å². The Morgan fingerprint density at radius 1 is 0.950 bits per heavy atom. The van der Waals surface area contributed by atoms with Gasteiger partial charge in [0.1, 0.15) is 0 Å². The van der Waals surface area contributed by atoms with Crippen molar-refractivity contribution in [3.05, 3.63) is 46.4 Å². The van der Waals surface area contributed by atoms with Crippen LogP contribution in [0.5, 0.6) is 0 Å². The first-order chi connectivity index (χ1) is 9.54. The van der Waals surface area contributed by atoms with Crippen molar-refractivity contribution < 1.29 is 0 Å². The number of fused-ring (bicyclic) bond motifs is 1. The third-order valence-electron chi connectivity index (χ3n) is 3.35. The van der Waals surface area contributed by atoms with E-state index in [2.05, 4.69) is 83.7 Å². The first-order valence-corrected chi connectivity index (χ1v) is 7.99. The zero-order valence-electron chi connectivity index (χ0n) is 12.4. The summed E-state index contributed by atoms with van der Waals surface area (Å²) in [6, 6.07) is 14.1. The number of benzene rings is 2. The molecule has 0 aliphatic carbocycles. The summed E-state index contributed by atoms with van der Waals surface area (Å²) in [5, 5.41) is 9.58. The summed E-state index contributed by atoms with van der Waals surface area (Å²) in [5.41, 5.74) is 1.33. The van der Waals surface area contributed by atoms with E-state index in [0.717, 1.165) is 17.6 Å². The van der Waals surface area contributed by atoms with Crippen molar-refractivity contribution in [2.75, 3.05) is 6.54 Å². The number of hydrogen-bond acceptors (Lipinski definition) is 2. The smallest absolute Gasteiger partial charge is 0.0208 e. The van der Waals surface area contributed by atoms with Gasteiger partial charge in [-0.15, -0.1) is 0 Å². The molecule has 0 spiro atoms. The lowest BCUT2D eigenvalue weighted by Crippen LogP contribution is -2.38. The number of nitrogens with one attached hydrogen (secondary N) is 2. The van der Waals surface area contributed by atoms with Crippen LogP contribution in [-0.2, 0) is 6.54 Å². The minimum Gasteiger partial charge on any atom is -0.313 e. The molecular weight excluding hydrogens is 312 g/mol. The molecule has 3 heteroatoms. The molecule has 0 amide bonds. The molecule has 108 valence electrons. The van der Waals surface area contributed by atoms with Gasteiger partial charge in [0.25, 0.3) is 0 Å². The summed E-state index contributed by atoms with van der Waals surface area (Å²) in [5.74, 6) is 0. The third kappa shape index (κ3) is 4.58. The fourth-order valence-electron chi connectivity index (χ4n) is 2.15. The summed E-state index contributed by atoms with van der Waals surface area (Å²) in [4.78, 5) is 0. The molecule has 2 aromatic rings. The molecule has 2 aromatic carbocycles. The molecule has 20 heavy (non-hydrogen) atoms. The minimum absolute atomic E-state index is 0.470. The van der Waals surface area contributed by atoms with Gasteiger partial charge < -0.3 is 10.6 Å². The monoisotopic (exact) mass is 334 g/mol. The van der Waals surface area contributed by atoms with Gasteiger partial charge in [0.15, 0.2) is 0 Å². The predicted octanol–water partition coefficient (Wildman–Crippen LogP) is 4.08. The van der Waals surface area contributed by atoms with E-state index in [9.17, 15) is 0 Å². The van der Waals surface area contributed by atoms with Crippen molar-refractivity contribution in [1.82, 2.24) is 10.6 Å². The van der Waals surface area contributed by atoms with Crippen molar-refractivity contribution in [3.8, 4) is 0 Å². The normalized spacial score (nSPS) is 13.1. The van der Waals surface area contributed by atoms with Crippen LogP contribution in [0.4, 0.5) is 0 Å². The van der Waals surface area contributed by atoms with Crippen molar-refractivity contribution in [3.63, 3.8) is 0 Å². The van der Waals surface area contributed by atoms with Gasteiger partial charge in [0, 0.05) is 29.6 Å². The number of rotatable bonds is 6. The van der Waals surface area contributed by atoms with Crippen LogP contribution in [0.2, 0.25) is 0 Å². The highest BCUT2D eigenvalue weighted by Gasteiger charge is 2.03. The second-order valence-electron chi connectivity index (χ2n) is 5.67. The van der Waals surface area contributed by atoms with Gasteiger partial charge in [0.05, 0.1) is 0 Å². The second-order valence-corrected chi connectivity index (χ2v) is 6.59.